The first-order chi connectivity index (χ1) is 10.6. The maximum absolute atomic E-state index is 11.9. The molecule has 0 saturated heterocycles. The van der Waals surface area contributed by atoms with E-state index < -0.39 is 5.97 Å². The molecule has 1 amide bonds. The molecule has 1 N–H and O–H groups in total. The van der Waals surface area contributed by atoms with Crippen molar-refractivity contribution in [3.8, 4) is 0 Å². The topological polar surface area (TPSA) is 68.3 Å². The van der Waals surface area contributed by atoms with E-state index >= 15 is 0 Å². The average Bonchev–Trinajstić information content (AvgIpc) is 2.54. The van der Waals surface area contributed by atoms with E-state index in [9.17, 15) is 9.59 Å². The molecule has 0 aliphatic carbocycles. The lowest BCUT2D eigenvalue weighted by atomic mass is 10.1. The summed E-state index contributed by atoms with van der Waals surface area (Å²) in [5.74, 6) is -0.620. The Morgan fingerprint density at radius 3 is 2.95 bits per heavy atom. The van der Waals surface area contributed by atoms with Crippen molar-refractivity contribution in [2.24, 2.45) is 0 Å². The molecule has 2 rings (SSSR count). The van der Waals surface area contributed by atoms with Crippen LogP contribution >= 0.6 is 11.6 Å². The van der Waals surface area contributed by atoms with Gasteiger partial charge in [-0.1, -0.05) is 23.7 Å². The molecule has 6 heteroatoms. The van der Waals surface area contributed by atoms with Crippen molar-refractivity contribution in [2.45, 2.75) is 6.42 Å². The number of halogens is 1. The van der Waals surface area contributed by atoms with Crippen LogP contribution in [0.2, 0.25) is 5.02 Å². The third-order valence-corrected chi connectivity index (χ3v) is 3.35. The highest BCUT2D eigenvalue weighted by Gasteiger charge is 2.09. The number of rotatable bonds is 5. The van der Waals surface area contributed by atoms with Crippen molar-refractivity contribution in [2.75, 3.05) is 13.7 Å². The molecule has 22 heavy (non-hydrogen) atoms. The fraction of sp³-hybridized carbons (Fsp3) is 0.188. The smallest absolute Gasteiger partial charge is 0.330 e. The molecule has 0 saturated carbocycles. The highest BCUT2D eigenvalue weighted by atomic mass is 35.5. The first kappa shape index (κ1) is 16.0. The molecule has 0 spiro atoms. The number of pyridine rings is 1. The van der Waals surface area contributed by atoms with Crippen LogP contribution in [0.15, 0.2) is 42.6 Å². The SMILES string of the molecule is COC(=O)/C=C/CNC(=O)Cc1ccc(Cl)c2cccnc12. The lowest BCUT2D eigenvalue weighted by molar-refractivity contribution is -0.134. The molecule has 114 valence electrons. The largest absolute Gasteiger partial charge is 0.466 e. The zero-order valence-electron chi connectivity index (χ0n) is 12.0. The summed E-state index contributed by atoms with van der Waals surface area (Å²) in [6.45, 7) is 0.257. The second-order valence-corrected chi connectivity index (χ2v) is 4.92. The summed E-state index contributed by atoms with van der Waals surface area (Å²) in [6, 6.07) is 7.22. The molecule has 5 nitrogen and oxygen atoms in total. The molecule has 2 aromatic rings. The number of hydrogen-bond donors (Lipinski definition) is 1. The maximum Gasteiger partial charge on any atom is 0.330 e. The minimum absolute atomic E-state index is 0.163. The Morgan fingerprint density at radius 2 is 2.18 bits per heavy atom. The Hall–Kier alpha value is -2.40. The molecule has 0 bridgehead atoms. The maximum atomic E-state index is 11.9. The van der Waals surface area contributed by atoms with Gasteiger partial charge < -0.3 is 10.1 Å². The molecule has 1 aromatic carbocycles. The van der Waals surface area contributed by atoms with Gasteiger partial charge in [-0.15, -0.1) is 0 Å². The van der Waals surface area contributed by atoms with Gasteiger partial charge in [0.15, 0.2) is 0 Å². The van der Waals surface area contributed by atoms with Crippen LogP contribution in [-0.4, -0.2) is 30.5 Å². The van der Waals surface area contributed by atoms with Crippen LogP contribution in [0.4, 0.5) is 0 Å². The van der Waals surface area contributed by atoms with Crippen LogP contribution in [-0.2, 0) is 20.7 Å². The number of amides is 1. The van der Waals surface area contributed by atoms with E-state index in [1.54, 1.807) is 24.4 Å². The van der Waals surface area contributed by atoms with Crippen LogP contribution in [0.1, 0.15) is 5.56 Å². The number of nitrogens with one attached hydrogen (secondary N) is 1. The minimum atomic E-state index is -0.456. The molecule has 0 aliphatic heterocycles. The zero-order chi connectivity index (χ0) is 15.9. The standard InChI is InChI=1S/C16H15ClN2O3/c1-22-15(21)5-3-8-18-14(20)10-11-6-7-13(17)12-4-2-9-19-16(11)12/h2-7,9H,8,10H2,1H3,(H,18,20)/b5-3+. The predicted octanol–water partition coefficient (Wildman–Crippen LogP) is 2.28. The highest BCUT2D eigenvalue weighted by molar-refractivity contribution is 6.35. The Morgan fingerprint density at radius 1 is 1.36 bits per heavy atom. The number of hydrogen-bond acceptors (Lipinski definition) is 4. The third-order valence-electron chi connectivity index (χ3n) is 3.02. The first-order valence-electron chi connectivity index (χ1n) is 6.65. The lowest BCUT2D eigenvalue weighted by Crippen LogP contribution is -2.25. The van der Waals surface area contributed by atoms with Crippen molar-refractivity contribution < 1.29 is 14.3 Å². The van der Waals surface area contributed by atoms with Gasteiger partial charge in [0.25, 0.3) is 0 Å². The van der Waals surface area contributed by atoms with Gasteiger partial charge >= 0.3 is 5.97 Å². The quantitative estimate of drug-likeness (QED) is 0.678. The summed E-state index contributed by atoms with van der Waals surface area (Å²) in [7, 11) is 1.30. The van der Waals surface area contributed by atoms with Crippen molar-refractivity contribution in [1.82, 2.24) is 10.3 Å². The fourth-order valence-corrected chi connectivity index (χ4v) is 2.19. The Kier molecular flexibility index (Phi) is 5.49. The van der Waals surface area contributed by atoms with E-state index in [-0.39, 0.29) is 18.9 Å². The van der Waals surface area contributed by atoms with E-state index in [4.69, 9.17) is 11.6 Å². The summed E-state index contributed by atoms with van der Waals surface area (Å²) in [4.78, 5) is 27.1. The first-order valence-corrected chi connectivity index (χ1v) is 7.03. The molecule has 0 fully saturated rings. The second-order valence-electron chi connectivity index (χ2n) is 4.51. The predicted molar refractivity (Wildman–Crippen MR) is 84.6 cm³/mol. The number of benzene rings is 1. The van der Waals surface area contributed by atoms with E-state index in [0.717, 1.165) is 16.5 Å². The summed E-state index contributed by atoms with van der Waals surface area (Å²) in [5.41, 5.74) is 1.52. The highest BCUT2D eigenvalue weighted by Crippen LogP contribution is 2.24. The summed E-state index contributed by atoms with van der Waals surface area (Å²) < 4.78 is 4.45. The van der Waals surface area contributed by atoms with Crippen LogP contribution < -0.4 is 5.32 Å². The van der Waals surface area contributed by atoms with Crippen LogP contribution in [0, 0.1) is 0 Å². The molecule has 0 unspecified atom stereocenters. The van der Waals surface area contributed by atoms with Crippen LogP contribution in [0.5, 0.6) is 0 Å². The number of aromatic nitrogens is 1. The van der Waals surface area contributed by atoms with E-state index in [1.165, 1.54) is 19.3 Å². The number of nitrogens with zero attached hydrogens (tertiary/aromatic N) is 1. The number of fused-ring (bicyclic) bond motifs is 1. The van der Waals surface area contributed by atoms with Crippen molar-refractivity contribution in [1.29, 1.82) is 0 Å². The normalized spacial score (nSPS) is 10.8. The second kappa shape index (κ2) is 7.56. The molecule has 1 aromatic heterocycles. The van der Waals surface area contributed by atoms with E-state index in [1.807, 2.05) is 6.07 Å². The number of carbonyl (C=O) groups excluding carboxylic acids is 2. The molecular formula is C16H15ClN2O3. The number of carbonyl (C=O) groups is 2. The minimum Gasteiger partial charge on any atom is -0.466 e. The number of ether oxygens (including phenoxy) is 1. The van der Waals surface area contributed by atoms with Gasteiger partial charge in [-0.2, -0.15) is 0 Å². The van der Waals surface area contributed by atoms with E-state index in [2.05, 4.69) is 15.0 Å². The Balaban J connectivity index is 2.02. The summed E-state index contributed by atoms with van der Waals surface area (Å²) in [5, 5.41) is 4.12. The van der Waals surface area contributed by atoms with E-state index in [0.29, 0.717) is 5.02 Å². The fourth-order valence-electron chi connectivity index (χ4n) is 1.97. The third kappa shape index (κ3) is 4.05. The van der Waals surface area contributed by atoms with Gasteiger partial charge in [-0.25, -0.2) is 4.79 Å². The zero-order valence-corrected chi connectivity index (χ0v) is 12.8. The monoisotopic (exact) mass is 318 g/mol. The number of esters is 1. The molecule has 0 radical (unpaired) electrons. The number of methoxy groups -OCH3 is 1. The molecule has 0 aliphatic rings. The van der Waals surface area contributed by atoms with Crippen molar-refractivity contribution in [3.63, 3.8) is 0 Å². The lowest BCUT2D eigenvalue weighted by Gasteiger charge is -2.07. The van der Waals surface area contributed by atoms with Crippen LogP contribution in [0.3, 0.4) is 0 Å². The van der Waals surface area contributed by atoms with Gasteiger partial charge in [0.05, 0.1) is 19.0 Å². The molecule has 1 heterocycles. The Labute approximate surface area is 132 Å². The van der Waals surface area contributed by atoms with Crippen molar-refractivity contribution in [3.05, 3.63) is 53.2 Å². The van der Waals surface area contributed by atoms with Gasteiger partial charge in [-0.05, 0) is 23.8 Å². The van der Waals surface area contributed by atoms with Gasteiger partial charge in [-0.3, -0.25) is 9.78 Å². The Bertz CT molecular complexity index is 728. The van der Waals surface area contributed by atoms with Gasteiger partial charge in [0.2, 0.25) is 5.91 Å². The molecule has 0 atom stereocenters. The molecular weight excluding hydrogens is 304 g/mol. The van der Waals surface area contributed by atoms with Gasteiger partial charge in [0.1, 0.15) is 0 Å². The van der Waals surface area contributed by atoms with Crippen molar-refractivity contribution >= 4 is 34.4 Å². The average molecular weight is 319 g/mol. The van der Waals surface area contributed by atoms with Gasteiger partial charge in [0, 0.05) is 29.2 Å². The summed E-state index contributed by atoms with van der Waals surface area (Å²) >= 11 is 6.12. The summed E-state index contributed by atoms with van der Waals surface area (Å²) in [6.07, 6.45) is 4.65. The van der Waals surface area contributed by atoms with Crippen LogP contribution in [0.25, 0.3) is 10.9 Å².